The van der Waals surface area contributed by atoms with Crippen LogP contribution in [0.2, 0.25) is 0 Å². The Bertz CT molecular complexity index is 878. The van der Waals surface area contributed by atoms with Crippen molar-refractivity contribution < 1.29 is 4.74 Å². The van der Waals surface area contributed by atoms with Gasteiger partial charge in [0.1, 0.15) is 0 Å². The van der Waals surface area contributed by atoms with Gasteiger partial charge in [-0.15, -0.1) is 0 Å². The summed E-state index contributed by atoms with van der Waals surface area (Å²) in [7, 11) is 1.79. The molecule has 0 spiro atoms. The molecule has 2 aromatic rings. The highest BCUT2D eigenvalue weighted by Gasteiger charge is 2.55. The minimum absolute atomic E-state index is 0.0318. The summed E-state index contributed by atoms with van der Waals surface area (Å²) >= 11 is 0. The van der Waals surface area contributed by atoms with Gasteiger partial charge in [0.2, 0.25) is 0 Å². The summed E-state index contributed by atoms with van der Waals surface area (Å²) in [6.45, 7) is 2.18. The average Bonchev–Trinajstić information content (AvgIpc) is 3.48. The van der Waals surface area contributed by atoms with Gasteiger partial charge in [0.25, 0.3) is 0 Å². The maximum absolute atomic E-state index is 5.71. The summed E-state index contributed by atoms with van der Waals surface area (Å²) in [6, 6.07) is 16.0. The highest BCUT2D eigenvalue weighted by molar-refractivity contribution is 6.09. The Hall–Kier alpha value is -1.93. The zero-order valence-corrected chi connectivity index (χ0v) is 15.8. The fourth-order valence-electron chi connectivity index (χ4n) is 5.32. The van der Waals surface area contributed by atoms with Gasteiger partial charge in [0, 0.05) is 18.9 Å². The van der Waals surface area contributed by atoms with Crippen LogP contribution in [-0.4, -0.2) is 19.0 Å². The largest absolute Gasteiger partial charge is 0.359 e. The molecule has 5 rings (SSSR count). The minimum atomic E-state index is -0.0318. The van der Waals surface area contributed by atoms with Crippen molar-refractivity contribution in [2.24, 2.45) is 10.4 Å². The van der Waals surface area contributed by atoms with Crippen molar-refractivity contribution in [2.45, 2.75) is 57.6 Å². The van der Waals surface area contributed by atoms with Crippen LogP contribution in [0.1, 0.15) is 59.4 Å². The van der Waals surface area contributed by atoms with E-state index in [1.54, 1.807) is 18.2 Å². The zero-order valence-electron chi connectivity index (χ0n) is 15.8. The van der Waals surface area contributed by atoms with E-state index in [0.717, 1.165) is 6.42 Å². The molecule has 2 atom stereocenters. The third-order valence-corrected chi connectivity index (χ3v) is 6.75. The van der Waals surface area contributed by atoms with Crippen LogP contribution in [-0.2, 0) is 17.6 Å². The van der Waals surface area contributed by atoms with Crippen LogP contribution < -0.4 is 0 Å². The molecule has 2 aliphatic carbocycles. The van der Waals surface area contributed by atoms with Gasteiger partial charge < -0.3 is 4.74 Å². The first-order chi connectivity index (χ1) is 12.7. The molecule has 3 aliphatic rings. The molecule has 134 valence electrons. The lowest BCUT2D eigenvalue weighted by Crippen LogP contribution is -2.33. The number of hydrogen-bond acceptors (Lipinski definition) is 2. The number of rotatable bonds is 3. The summed E-state index contributed by atoms with van der Waals surface area (Å²) in [5.74, 6) is 0.607. The first-order valence-electron chi connectivity index (χ1n) is 10.00. The van der Waals surface area contributed by atoms with Crippen LogP contribution in [0, 0.1) is 12.3 Å². The maximum Gasteiger partial charge on any atom is 0.152 e. The minimum Gasteiger partial charge on any atom is -0.359 e. The molecule has 0 amide bonds. The molecule has 2 heteroatoms. The predicted octanol–water partition coefficient (Wildman–Crippen LogP) is 5.21. The smallest absolute Gasteiger partial charge is 0.152 e. The predicted molar refractivity (Wildman–Crippen MR) is 106 cm³/mol. The Balaban J connectivity index is 1.62. The number of fused-ring (bicyclic) bond motifs is 2. The lowest BCUT2D eigenvalue weighted by molar-refractivity contribution is 0.108. The third-order valence-electron chi connectivity index (χ3n) is 6.75. The SMILES string of the molecule is COC1Cc2cc(C)ccc2C(C2(C3CCCc4ccccc43)CC2)=N1. The van der Waals surface area contributed by atoms with E-state index in [9.17, 15) is 0 Å². The zero-order chi connectivity index (χ0) is 17.7. The normalized spacial score (nSPS) is 25.8. The Morgan fingerprint density at radius 2 is 1.92 bits per heavy atom. The van der Waals surface area contributed by atoms with E-state index >= 15 is 0 Å². The second kappa shape index (κ2) is 6.06. The van der Waals surface area contributed by atoms with Gasteiger partial charge in [-0.3, -0.25) is 4.99 Å². The Labute approximate surface area is 156 Å². The Morgan fingerprint density at radius 1 is 1.08 bits per heavy atom. The van der Waals surface area contributed by atoms with Gasteiger partial charge in [0.05, 0.1) is 5.71 Å². The molecule has 0 saturated heterocycles. The summed E-state index contributed by atoms with van der Waals surface area (Å²) in [5, 5.41) is 0. The fourth-order valence-corrected chi connectivity index (χ4v) is 5.32. The molecule has 2 unspecified atom stereocenters. The number of benzene rings is 2. The number of hydrogen-bond donors (Lipinski definition) is 0. The van der Waals surface area contributed by atoms with E-state index in [0.29, 0.717) is 5.92 Å². The average molecular weight is 345 g/mol. The first kappa shape index (κ1) is 16.3. The van der Waals surface area contributed by atoms with Crippen LogP contribution in [0.25, 0.3) is 0 Å². The molecule has 1 heterocycles. The molecule has 1 aliphatic heterocycles. The van der Waals surface area contributed by atoms with Gasteiger partial charge in [-0.2, -0.15) is 0 Å². The molecule has 0 N–H and O–H groups in total. The van der Waals surface area contributed by atoms with Crippen molar-refractivity contribution in [3.05, 3.63) is 70.3 Å². The highest BCUT2D eigenvalue weighted by atomic mass is 16.5. The molecule has 26 heavy (non-hydrogen) atoms. The maximum atomic E-state index is 5.71. The number of methoxy groups -OCH3 is 1. The first-order valence-corrected chi connectivity index (χ1v) is 10.00. The molecule has 0 bridgehead atoms. The number of nitrogens with zero attached hydrogens (tertiary/aromatic N) is 1. The van der Waals surface area contributed by atoms with E-state index < -0.39 is 0 Å². The third kappa shape index (κ3) is 2.46. The molecule has 0 aromatic heterocycles. The lowest BCUT2D eigenvalue weighted by atomic mass is 9.70. The van der Waals surface area contributed by atoms with Gasteiger partial charge in [-0.1, -0.05) is 48.0 Å². The highest BCUT2D eigenvalue weighted by Crippen LogP contribution is 2.62. The van der Waals surface area contributed by atoms with Crippen LogP contribution >= 0.6 is 0 Å². The van der Waals surface area contributed by atoms with Crippen molar-refractivity contribution in [2.75, 3.05) is 7.11 Å². The topological polar surface area (TPSA) is 21.6 Å². The van der Waals surface area contributed by atoms with E-state index in [1.807, 2.05) is 0 Å². The molecule has 2 nitrogen and oxygen atoms in total. The van der Waals surface area contributed by atoms with E-state index in [2.05, 4.69) is 49.4 Å². The summed E-state index contributed by atoms with van der Waals surface area (Å²) in [6.07, 6.45) is 7.19. The Kier molecular flexibility index (Phi) is 3.79. The van der Waals surface area contributed by atoms with Crippen LogP contribution in [0.4, 0.5) is 0 Å². The van der Waals surface area contributed by atoms with Gasteiger partial charge in [-0.25, -0.2) is 0 Å². The second-order valence-corrected chi connectivity index (χ2v) is 8.33. The van der Waals surface area contributed by atoms with E-state index in [1.165, 1.54) is 54.5 Å². The standard InChI is InChI=1S/C24H27NO/c1-16-10-11-20-18(14-16)15-22(26-2)25-23(20)24(12-13-24)21-9-5-7-17-6-3-4-8-19(17)21/h3-4,6,8,10-11,14,21-22H,5,7,9,12-13,15H2,1-2H3. The number of aliphatic imine (C=N–C) groups is 1. The van der Waals surface area contributed by atoms with Crippen molar-refractivity contribution >= 4 is 5.71 Å². The molecular weight excluding hydrogens is 318 g/mol. The van der Waals surface area contributed by atoms with Crippen molar-refractivity contribution in [1.82, 2.24) is 0 Å². The molecule has 2 aromatic carbocycles. The monoisotopic (exact) mass is 345 g/mol. The summed E-state index contributed by atoms with van der Waals surface area (Å²) in [5.41, 5.74) is 8.80. The van der Waals surface area contributed by atoms with Crippen molar-refractivity contribution in [3.63, 3.8) is 0 Å². The molecule has 1 fully saturated rings. The van der Waals surface area contributed by atoms with Crippen molar-refractivity contribution in [1.29, 1.82) is 0 Å². The molecule has 1 saturated carbocycles. The quantitative estimate of drug-likeness (QED) is 0.748. The Morgan fingerprint density at radius 3 is 2.73 bits per heavy atom. The van der Waals surface area contributed by atoms with Gasteiger partial charge >= 0.3 is 0 Å². The summed E-state index contributed by atoms with van der Waals surface area (Å²) in [4.78, 5) is 5.15. The molecule has 0 radical (unpaired) electrons. The van der Waals surface area contributed by atoms with Crippen LogP contribution in [0.3, 0.4) is 0 Å². The second-order valence-electron chi connectivity index (χ2n) is 8.33. The number of aryl methyl sites for hydroxylation is 2. The fraction of sp³-hybridized carbons (Fsp3) is 0.458. The van der Waals surface area contributed by atoms with E-state index in [4.69, 9.17) is 9.73 Å². The summed E-state index contributed by atoms with van der Waals surface area (Å²) < 4.78 is 5.71. The van der Waals surface area contributed by atoms with Crippen LogP contribution in [0.5, 0.6) is 0 Å². The van der Waals surface area contributed by atoms with Crippen LogP contribution in [0.15, 0.2) is 47.5 Å². The van der Waals surface area contributed by atoms with Gasteiger partial charge in [-0.05, 0) is 67.2 Å². The number of ether oxygens (including phenoxy) is 1. The lowest BCUT2D eigenvalue weighted by Gasteiger charge is -2.36. The van der Waals surface area contributed by atoms with Gasteiger partial charge in [0.15, 0.2) is 6.23 Å². The van der Waals surface area contributed by atoms with E-state index in [-0.39, 0.29) is 11.6 Å². The van der Waals surface area contributed by atoms with Crippen molar-refractivity contribution in [3.8, 4) is 0 Å². The molecular formula is C24H27NO.